The van der Waals surface area contributed by atoms with Gasteiger partial charge in [-0.15, -0.1) is 10.2 Å². The molecule has 0 atom stereocenters. The number of nitrogens with two attached hydrogens (primary N) is 1. The van der Waals surface area contributed by atoms with Crippen molar-refractivity contribution in [1.82, 2.24) is 19.7 Å². The lowest BCUT2D eigenvalue weighted by molar-refractivity contribution is -0.388. The van der Waals surface area contributed by atoms with E-state index in [-0.39, 0.29) is 12.2 Å². The third-order valence-electron chi connectivity index (χ3n) is 2.65. The Morgan fingerprint density at radius 1 is 1.50 bits per heavy atom. The molecule has 0 amide bonds. The third-order valence-corrected chi connectivity index (χ3v) is 3.64. The Kier molecular flexibility index (Phi) is 4.30. The summed E-state index contributed by atoms with van der Waals surface area (Å²) in [5.74, 6) is 0.643. The van der Waals surface area contributed by atoms with Crippen molar-refractivity contribution < 1.29 is 4.92 Å². The van der Waals surface area contributed by atoms with Gasteiger partial charge in [-0.1, -0.05) is 0 Å². The molecule has 0 saturated heterocycles. The van der Waals surface area contributed by atoms with Gasteiger partial charge in [-0.3, -0.25) is 10.1 Å². The molecule has 106 valence electrons. The Morgan fingerprint density at radius 3 is 2.85 bits per heavy atom. The summed E-state index contributed by atoms with van der Waals surface area (Å²) in [5.41, 5.74) is 6.28. The summed E-state index contributed by atoms with van der Waals surface area (Å²) < 4.78 is 1.82. The van der Waals surface area contributed by atoms with E-state index in [1.165, 1.54) is 6.07 Å². The first-order valence-electron chi connectivity index (χ1n) is 5.97. The molecular formula is C11H14N6O2S. The van der Waals surface area contributed by atoms with Crippen LogP contribution in [0.3, 0.4) is 0 Å². The first-order chi connectivity index (χ1) is 9.56. The van der Waals surface area contributed by atoms with Crippen molar-refractivity contribution in [3.8, 4) is 0 Å². The second-order valence-electron chi connectivity index (χ2n) is 4.04. The van der Waals surface area contributed by atoms with E-state index in [0.717, 1.165) is 17.3 Å². The number of rotatable bonds is 5. The minimum atomic E-state index is -0.446. The molecule has 0 unspecified atom stereocenters. The summed E-state index contributed by atoms with van der Waals surface area (Å²) in [5, 5.41) is 19.9. The molecule has 0 bridgehead atoms. The van der Waals surface area contributed by atoms with E-state index >= 15 is 0 Å². The summed E-state index contributed by atoms with van der Waals surface area (Å²) >= 11 is 1.12. The molecule has 0 aliphatic heterocycles. The molecule has 8 nitrogen and oxygen atoms in total. The average molecular weight is 294 g/mol. The fraction of sp³-hybridized carbons (Fsp3) is 0.364. The van der Waals surface area contributed by atoms with Gasteiger partial charge in [-0.25, -0.2) is 4.98 Å². The molecular weight excluding hydrogens is 280 g/mol. The van der Waals surface area contributed by atoms with Crippen LogP contribution in [0.5, 0.6) is 0 Å². The number of nitrogens with zero attached hydrogens (tertiary/aromatic N) is 5. The first kappa shape index (κ1) is 14.4. The lowest BCUT2D eigenvalue weighted by atomic mass is 10.3. The van der Waals surface area contributed by atoms with Crippen LogP contribution >= 0.6 is 11.8 Å². The standard InChI is InChI=1S/C11H14N6O2S/c1-3-16-9(5-12)14-15-11(16)20-10-8(17(18)19)4-7(2)6-13-10/h4,6H,3,5,12H2,1-2H3. The average Bonchev–Trinajstić information content (AvgIpc) is 2.82. The van der Waals surface area contributed by atoms with E-state index in [9.17, 15) is 10.1 Å². The Hall–Kier alpha value is -2.00. The van der Waals surface area contributed by atoms with E-state index in [0.29, 0.717) is 22.6 Å². The number of aryl methyl sites for hydroxylation is 1. The summed E-state index contributed by atoms with van der Waals surface area (Å²) in [6.45, 7) is 4.60. The Labute approximate surface area is 119 Å². The predicted octanol–water partition coefficient (Wildman–Crippen LogP) is 1.52. The summed E-state index contributed by atoms with van der Waals surface area (Å²) in [6, 6.07) is 1.49. The van der Waals surface area contributed by atoms with Crippen LogP contribution in [0.15, 0.2) is 22.4 Å². The number of hydrogen-bond donors (Lipinski definition) is 1. The minimum absolute atomic E-state index is 0.0325. The maximum Gasteiger partial charge on any atom is 0.302 e. The number of nitro groups is 1. The fourth-order valence-corrected chi connectivity index (χ4v) is 2.64. The highest BCUT2D eigenvalue weighted by atomic mass is 32.2. The fourth-order valence-electron chi connectivity index (χ4n) is 1.70. The zero-order valence-electron chi connectivity index (χ0n) is 11.1. The minimum Gasteiger partial charge on any atom is -0.324 e. The van der Waals surface area contributed by atoms with Crippen molar-refractivity contribution in [2.75, 3.05) is 0 Å². The van der Waals surface area contributed by atoms with Crippen molar-refractivity contribution in [3.05, 3.63) is 33.8 Å². The molecule has 0 aliphatic rings. The summed E-state index contributed by atoms with van der Waals surface area (Å²) in [4.78, 5) is 14.7. The van der Waals surface area contributed by atoms with Gasteiger partial charge in [-0.2, -0.15) is 0 Å². The lowest BCUT2D eigenvalue weighted by Gasteiger charge is -2.06. The van der Waals surface area contributed by atoms with Crippen LogP contribution in [0, 0.1) is 17.0 Å². The van der Waals surface area contributed by atoms with E-state index in [1.54, 1.807) is 13.1 Å². The molecule has 0 aromatic carbocycles. The van der Waals surface area contributed by atoms with Gasteiger partial charge in [0, 0.05) is 18.8 Å². The lowest BCUT2D eigenvalue weighted by Crippen LogP contribution is -2.08. The topological polar surface area (TPSA) is 113 Å². The normalized spacial score (nSPS) is 10.8. The molecule has 0 spiro atoms. The van der Waals surface area contributed by atoms with Crippen molar-refractivity contribution in [2.45, 2.75) is 37.1 Å². The molecule has 2 aromatic rings. The van der Waals surface area contributed by atoms with Gasteiger partial charge in [0.2, 0.25) is 0 Å². The monoisotopic (exact) mass is 294 g/mol. The van der Waals surface area contributed by atoms with Crippen molar-refractivity contribution in [1.29, 1.82) is 0 Å². The van der Waals surface area contributed by atoms with Crippen LogP contribution < -0.4 is 5.73 Å². The molecule has 9 heteroatoms. The predicted molar refractivity (Wildman–Crippen MR) is 73.3 cm³/mol. The van der Waals surface area contributed by atoms with Gasteiger partial charge in [-0.05, 0) is 31.2 Å². The second kappa shape index (κ2) is 5.97. The molecule has 2 rings (SSSR count). The van der Waals surface area contributed by atoms with Gasteiger partial charge in [0.05, 0.1) is 11.5 Å². The van der Waals surface area contributed by atoms with Crippen LogP contribution in [0.1, 0.15) is 18.3 Å². The van der Waals surface area contributed by atoms with Gasteiger partial charge < -0.3 is 10.3 Å². The number of hydrogen-bond acceptors (Lipinski definition) is 7. The molecule has 2 heterocycles. The SMILES string of the molecule is CCn1c(CN)nnc1Sc1ncc(C)cc1[N+](=O)[O-]. The Bertz CT molecular complexity index is 642. The smallest absolute Gasteiger partial charge is 0.302 e. The van der Waals surface area contributed by atoms with E-state index < -0.39 is 4.92 Å². The van der Waals surface area contributed by atoms with Crippen LogP contribution in [-0.4, -0.2) is 24.7 Å². The van der Waals surface area contributed by atoms with Crippen LogP contribution in [-0.2, 0) is 13.1 Å². The maximum atomic E-state index is 11.1. The zero-order chi connectivity index (χ0) is 14.7. The maximum absolute atomic E-state index is 11.1. The van der Waals surface area contributed by atoms with Crippen molar-refractivity contribution in [2.24, 2.45) is 5.73 Å². The number of aromatic nitrogens is 4. The second-order valence-corrected chi connectivity index (χ2v) is 5.00. The van der Waals surface area contributed by atoms with E-state index in [1.807, 2.05) is 11.5 Å². The van der Waals surface area contributed by atoms with Gasteiger partial charge in [0.1, 0.15) is 5.82 Å². The van der Waals surface area contributed by atoms with Gasteiger partial charge >= 0.3 is 5.69 Å². The third kappa shape index (κ3) is 2.78. The van der Waals surface area contributed by atoms with Crippen LogP contribution in [0.25, 0.3) is 0 Å². The molecule has 2 aromatic heterocycles. The highest BCUT2D eigenvalue weighted by Gasteiger charge is 2.20. The first-order valence-corrected chi connectivity index (χ1v) is 6.79. The molecule has 2 N–H and O–H groups in total. The van der Waals surface area contributed by atoms with Crippen LogP contribution in [0.2, 0.25) is 0 Å². The van der Waals surface area contributed by atoms with Crippen molar-refractivity contribution >= 4 is 17.4 Å². The molecule has 20 heavy (non-hydrogen) atoms. The quantitative estimate of drug-likeness (QED) is 0.657. The van der Waals surface area contributed by atoms with Crippen molar-refractivity contribution in [3.63, 3.8) is 0 Å². The largest absolute Gasteiger partial charge is 0.324 e. The van der Waals surface area contributed by atoms with Gasteiger partial charge in [0.25, 0.3) is 0 Å². The number of pyridine rings is 1. The highest BCUT2D eigenvalue weighted by molar-refractivity contribution is 7.99. The Morgan fingerprint density at radius 2 is 2.25 bits per heavy atom. The van der Waals surface area contributed by atoms with Gasteiger partial charge in [0.15, 0.2) is 10.2 Å². The molecule has 0 aliphatic carbocycles. The molecule has 0 radical (unpaired) electrons. The summed E-state index contributed by atoms with van der Waals surface area (Å²) in [7, 11) is 0. The van der Waals surface area contributed by atoms with Crippen LogP contribution in [0.4, 0.5) is 5.69 Å². The summed E-state index contributed by atoms with van der Waals surface area (Å²) in [6.07, 6.45) is 1.59. The zero-order valence-corrected chi connectivity index (χ0v) is 11.9. The van der Waals surface area contributed by atoms with E-state index in [4.69, 9.17) is 5.73 Å². The molecule has 0 fully saturated rings. The Balaban J connectivity index is 2.40. The molecule has 0 saturated carbocycles. The highest BCUT2D eigenvalue weighted by Crippen LogP contribution is 2.32. The van der Waals surface area contributed by atoms with E-state index in [2.05, 4.69) is 15.2 Å².